The van der Waals surface area contributed by atoms with Crippen LogP contribution in [0.1, 0.15) is 74.9 Å². The summed E-state index contributed by atoms with van der Waals surface area (Å²) < 4.78 is 6.01. The van der Waals surface area contributed by atoms with Gasteiger partial charge in [0.15, 0.2) is 5.13 Å². The Hall–Kier alpha value is -1.80. The number of aromatic nitrogens is 3. The predicted molar refractivity (Wildman–Crippen MR) is 94.3 cm³/mol. The van der Waals surface area contributed by atoms with Gasteiger partial charge in [0, 0.05) is 24.8 Å². The molecule has 2 aromatic heterocycles. The third-order valence-corrected chi connectivity index (χ3v) is 5.82. The molecule has 1 aliphatic carbocycles. The minimum Gasteiger partial charge on any atom is -0.423 e. The molecule has 1 saturated heterocycles. The van der Waals surface area contributed by atoms with Crippen molar-refractivity contribution in [3.8, 4) is 0 Å². The van der Waals surface area contributed by atoms with Gasteiger partial charge in [0.25, 0.3) is 0 Å². The van der Waals surface area contributed by atoms with Crippen LogP contribution in [-0.4, -0.2) is 32.5 Å². The molecule has 0 aromatic carbocycles. The fraction of sp³-hybridized carbons (Fsp3) is 0.647. The summed E-state index contributed by atoms with van der Waals surface area (Å²) in [6, 6.07) is 0.168. The zero-order valence-electron chi connectivity index (χ0n) is 14.4. The zero-order valence-corrected chi connectivity index (χ0v) is 15.2. The standard InChI is InChI=1S/C17H23N5O2S/c1-11(23)18-17-19-13(10-25-17)9-22-8-3-2-7-14(22)16-21-20-15(24-16)12-5-4-6-12/h10,12,14H,2-9H2,1H3,(H,18,19,23)/t14-/m1/s1. The maximum Gasteiger partial charge on any atom is 0.233 e. The highest BCUT2D eigenvalue weighted by molar-refractivity contribution is 7.13. The lowest BCUT2D eigenvalue weighted by Crippen LogP contribution is -2.33. The molecule has 0 unspecified atom stereocenters. The number of hydrogen-bond donors (Lipinski definition) is 1. The van der Waals surface area contributed by atoms with Crippen molar-refractivity contribution in [2.45, 2.75) is 64.0 Å². The summed E-state index contributed by atoms with van der Waals surface area (Å²) >= 11 is 1.46. The Bertz CT molecular complexity index is 739. The topological polar surface area (TPSA) is 84.2 Å². The number of thiazole rings is 1. The number of nitrogens with zero attached hydrogens (tertiary/aromatic N) is 4. The number of nitrogens with one attached hydrogen (secondary N) is 1. The van der Waals surface area contributed by atoms with Crippen LogP contribution in [-0.2, 0) is 11.3 Å². The minimum atomic E-state index is -0.0915. The second-order valence-electron chi connectivity index (χ2n) is 6.91. The van der Waals surface area contributed by atoms with Crippen LogP contribution < -0.4 is 5.32 Å². The average molecular weight is 361 g/mol. The number of carbonyl (C=O) groups is 1. The van der Waals surface area contributed by atoms with Crippen LogP contribution in [0, 0.1) is 0 Å². The Morgan fingerprint density at radius 3 is 2.88 bits per heavy atom. The lowest BCUT2D eigenvalue weighted by atomic mass is 9.85. The third kappa shape index (κ3) is 3.74. The van der Waals surface area contributed by atoms with Crippen LogP contribution in [0.5, 0.6) is 0 Å². The van der Waals surface area contributed by atoms with Crippen molar-refractivity contribution in [3.63, 3.8) is 0 Å². The van der Waals surface area contributed by atoms with E-state index in [-0.39, 0.29) is 11.9 Å². The largest absolute Gasteiger partial charge is 0.423 e. The van der Waals surface area contributed by atoms with Gasteiger partial charge < -0.3 is 9.73 Å². The Kier molecular flexibility index (Phi) is 4.80. The van der Waals surface area contributed by atoms with Gasteiger partial charge in [-0.25, -0.2) is 4.98 Å². The van der Waals surface area contributed by atoms with E-state index in [1.165, 1.54) is 50.4 Å². The van der Waals surface area contributed by atoms with E-state index in [0.717, 1.165) is 37.0 Å². The number of hydrogen-bond acceptors (Lipinski definition) is 7. The molecule has 1 N–H and O–H groups in total. The summed E-state index contributed by atoms with van der Waals surface area (Å²) in [5, 5.41) is 14.0. The Morgan fingerprint density at radius 1 is 1.28 bits per heavy atom. The Labute approximate surface area is 150 Å². The first-order chi connectivity index (χ1) is 12.2. The maximum absolute atomic E-state index is 11.2. The molecule has 0 spiro atoms. The van der Waals surface area contributed by atoms with Crippen molar-refractivity contribution < 1.29 is 9.21 Å². The van der Waals surface area contributed by atoms with Gasteiger partial charge >= 0.3 is 0 Å². The molecule has 1 amide bonds. The lowest BCUT2D eigenvalue weighted by Gasteiger charge is -2.32. The number of rotatable bonds is 5. The predicted octanol–water partition coefficient (Wildman–Crippen LogP) is 3.48. The van der Waals surface area contributed by atoms with Crippen LogP contribution >= 0.6 is 11.3 Å². The van der Waals surface area contributed by atoms with Gasteiger partial charge in [-0.3, -0.25) is 9.69 Å². The maximum atomic E-state index is 11.2. The molecule has 8 heteroatoms. The van der Waals surface area contributed by atoms with Gasteiger partial charge in [-0.1, -0.05) is 12.8 Å². The summed E-state index contributed by atoms with van der Waals surface area (Å²) in [5.74, 6) is 1.94. The Balaban J connectivity index is 1.46. The van der Waals surface area contributed by atoms with Crippen molar-refractivity contribution in [1.82, 2.24) is 20.1 Å². The number of piperidine rings is 1. The molecule has 4 rings (SSSR count). The van der Waals surface area contributed by atoms with E-state index in [4.69, 9.17) is 4.42 Å². The molecule has 2 aromatic rings. The van der Waals surface area contributed by atoms with E-state index in [1.807, 2.05) is 5.38 Å². The quantitative estimate of drug-likeness (QED) is 0.878. The third-order valence-electron chi connectivity index (χ3n) is 5.01. The highest BCUT2D eigenvalue weighted by Gasteiger charge is 2.31. The second kappa shape index (κ2) is 7.21. The molecule has 2 fully saturated rings. The van der Waals surface area contributed by atoms with Crippen LogP contribution in [0.25, 0.3) is 0 Å². The molecule has 0 bridgehead atoms. The monoisotopic (exact) mass is 361 g/mol. The molecular weight excluding hydrogens is 338 g/mol. The summed E-state index contributed by atoms with van der Waals surface area (Å²) in [7, 11) is 0. The van der Waals surface area contributed by atoms with E-state index in [9.17, 15) is 4.79 Å². The summed E-state index contributed by atoms with van der Waals surface area (Å²) in [6.45, 7) is 3.23. The SMILES string of the molecule is CC(=O)Nc1nc(CN2CCCC[C@@H]2c2nnc(C3CCC3)o2)cs1. The van der Waals surface area contributed by atoms with E-state index >= 15 is 0 Å². The van der Waals surface area contributed by atoms with Gasteiger partial charge in [0.1, 0.15) is 0 Å². The highest BCUT2D eigenvalue weighted by atomic mass is 32.1. The fourth-order valence-corrected chi connectivity index (χ4v) is 4.20. The second-order valence-corrected chi connectivity index (χ2v) is 7.77. The first kappa shape index (κ1) is 16.7. The van der Waals surface area contributed by atoms with Gasteiger partial charge in [-0.05, 0) is 32.2 Å². The molecule has 1 saturated carbocycles. The normalized spacial score (nSPS) is 21.9. The average Bonchev–Trinajstić information content (AvgIpc) is 3.16. The molecule has 7 nitrogen and oxygen atoms in total. The molecule has 134 valence electrons. The van der Waals surface area contributed by atoms with E-state index in [2.05, 4.69) is 25.4 Å². The van der Waals surface area contributed by atoms with Crippen molar-refractivity contribution in [2.75, 3.05) is 11.9 Å². The van der Waals surface area contributed by atoms with Gasteiger partial charge in [0.2, 0.25) is 17.7 Å². The number of likely N-dealkylation sites (tertiary alicyclic amines) is 1. The van der Waals surface area contributed by atoms with E-state index in [0.29, 0.717) is 11.0 Å². The lowest BCUT2D eigenvalue weighted by molar-refractivity contribution is -0.114. The molecule has 1 aliphatic heterocycles. The van der Waals surface area contributed by atoms with Crippen LogP contribution in [0.3, 0.4) is 0 Å². The van der Waals surface area contributed by atoms with E-state index in [1.54, 1.807) is 0 Å². The molecule has 0 radical (unpaired) electrons. The van der Waals surface area contributed by atoms with Crippen LogP contribution in [0.4, 0.5) is 5.13 Å². The smallest absolute Gasteiger partial charge is 0.233 e. The summed E-state index contributed by atoms with van der Waals surface area (Å²) in [4.78, 5) is 18.0. The van der Waals surface area contributed by atoms with Crippen molar-refractivity contribution in [3.05, 3.63) is 22.9 Å². The first-order valence-corrected chi connectivity index (χ1v) is 9.86. The minimum absolute atomic E-state index is 0.0915. The highest BCUT2D eigenvalue weighted by Crippen LogP contribution is 2.38. The van der Waals surface area contributed by atoms with Gasteiger partial charge in [-0.2, -0.15) is 0 Å². The first-order valence-electron chi connectivity index (χ1n) is 8.98. The summed E-state index contributed by atoms with van der Waals surface area (Å²) in [6.07, 6.45) is 6.98. The van der Waals surface area contributed by atoms with Crippen molar-refractivity contribution in [2.24, 2.45) is 0 Å². The molecule has 25 heavy (non-hydrogen) atoms. The van der Waals surface area contributed by atoms with Gasteiger partial charge in [-0.15, -0.1) is 21.5 Å². The molecule has 3 heterocycles. The molecule has 1 atom stereocenters. The molecule has 2 aliphatic rings. The fourth-order valence-electron chi connectivity index (χ4n) is 3.46. The molecular formula is C17H23N5O2S. The number of amides is 1. The van der Waals surface area contributed by atoms with Crippen LogP contribution in [0.2, 0.25) is 0 Å². The summed E-state index contributed by atoms with van der Waals surface area (Å²) in [5.41, 5.74) is 0.972. The van der Waals surface area contributed by atoms with E-state index < -0.39 is 0 Å². The zero-order chi connectivity index (χ0) is 17.2. The van der Waals surface area contributed by atoms with Crippen LogP contribution in [0.15, 0.2) is 9.80 Å². The Morgan fingerprint density at radius 2 is 2.12 bits per heavy atom. The van der Waals surface area contributed by atoms with Crippen molar-refractivity contribution in [1.29, 1.82) is 0 Å². The van der Waals surface area contributed by atoms with Crippen molar-refractivity contribution >= 4 is 22.4 Å². The number of carbonyl (C=O) groups excluding carboxylic acids is 1. The number of anilines is 1. The van der Waals surface area contributed by atoms with Gasteiger partial charge in [0.05, 0.1) is 11.7 Å².